The van der Waals surface area contributed by atoms with Gasteiger partial charge in [0.05, 0.1) is 7.11 Å². The molecule has 0 aliphatic carbocycles. The average Bonchev–Trinajstić information content (AvgIpc) is 2.84. The van der Waals surface area contributed by atoms with E-state index in [0.717, 1.165) is 35.8 Å². The van der Waals surface area contributed by atoms with E-state index in [9.17, 15) is 0 Å². The quantitative estimate of drug-likeness (QED) is 0.898. The van der Waals surface area contributed by atoms with Crippen molar-refractivity contribution in [2.24, 2.45) is 5.92 Å². The molecule has 3 nitrogen and oxygen atoms in total. The lowest BCUT2D eigenvalue weighted by Crippen LogP contribution is -2.30. The molecular weight excluding hydrogens is 304 g/mol. The molecule has 19 heavy (non-hydrogen) atoms. The molecule has 0 spiro atoms. The monoisotopic (exact) mass is 326 g/mol. The van der Waals surface area contributed by atoms with Crippen LogP contribution in [-0.4, -0.2) is 32.8 Å². The number of halogens is 1. The SMILES string of the molecule is COc1cc(Br)cc(N2CCC(CNC(C)C)C2)c1. The zero-order valence-corrected chi connectivity index (χ0v) is 13.5. The summed E-state index contributed by atoms with van der Waals surface area (Å²) in [6, 6.07) is 6.85. The van der Waals surface area contributed by atoms with Crippen molar-refractivity contribution in [1.29, 1.82) is 0 Å². The van der Waals surface area contributed by atoms with E-state index in [0.29, 0.717) is 6.04 Å². The molecule has 0 saturated carbocycles. The van der Waals surface area contributed by atoms with Gasteiger partial charge in [-0.1, -0.05) is 29.8 Å². The number of rotatable bonds is 5. The lowest BCUT2D eigenvalue weighted by molar-refractivity contribution is 0.414. The Hall–Kier alpha value is -0.740. The van der Waals surface area contributed by atoms with Crippen molar-refractivity contribution in [1.82, 2.24) is 5.32 Å². The standard InChI is InChI=1S/C15H23BrN2O/c1-11(2)17-9-12-4-5-18(10-12)14-6-13(16)7-15(8-14)19-3/h6-8,11-12,17H,4-5,9-10H2,1-3H3. The van der Waals surface area contributed by atoms with Crippen molar-refractivity contribution in [3.05, 3.63) is 22.7 Å². The smallest absolute Gasteiger partial charge is 0.122 e. The van der Waals surface area contributed by atoms with Gasteiger partial charge in [-0.05, 0) is 31.0 Å². The highest BCUT2D eigenvalue weighted by atomic mass is 79.9. The Kier molecular flexibility index (Phi) is 5.11. The maximum absolute atomic E-state index is 5.33. The zero-order valence-electron chi connectivity index (χ0n) is 11.9. The number of nitrogens with one attached hydrogen (secondary N) is 1. The molecule has 1 fully saturated rings. The van der Waals surface area contributed by atoms with Crippen LogP contribution >= 0.6 is 15.9 Å². The van der Waals surface area contributed by atoms with Gasteiger partial charge < -0.3 is 15.0 Å². The van der Waals surface area contributed by atoms with Crippen molar-refractivity contribution in [2.75, 3.05) is 31.6 Å². The molecule has 0 bridgehead atoms. The predicted molar refractivity (Wildman–Crippen MR) is 84.2 cm³/mol. The molecule has 106 valence electrons. The summed E-state index contributed by atoms with van der Waals surface area (Å²) in [5.41, 5.74) is 1.25. The number of hydrogen-bond donors (Lipinski definition) is 1. The highest BCUT2D eigenvalue weighted by Gasteiger charge is 2.23. The molecule has 1 saturated heterocycles. The Morgan fingerprint density at radius 2 is 2.21 bits per heavy atom. The van der Waals surface area contributed by atoms with Crippen molar-refractivity contribution in [2.45, 2.75) is 26.3 Å². The van der Waals surface area contributed by atoms with E-state index in [2.05, 4.69) is 52.1 Å². The van der Waals surface area contributed by atoms with Crippen LogP contribution in [-0.2, 0) is 0 Å². The average molecular weight is 327 g/mol. The number of anilines is 1. The van der Waals surface area contributed by atoms with Gasteiger partial charge in [-0.25, -0.2) is 0 Å². The number of hydrogen-bond acceptors (Lipinski definition) is 3. The maximum Gasteiger partial charge on any atom is 0.122 e. The number of ether oxygens (including phenoxy) is 1. The summed E-state index contributed by atoms with van der Waals surface area (Å²) in [5.74, 6) is 1.65. The summed E-state index contributed by atoms with van der Waals surface area (Å²) in [5, 5.41) is 3.53. The van der Waals surface area contributed by atoms with Gasteiger partial charge in [0.2, 0.25) is 0 Å². The lowest BCUT2D eigenvalue weighted by atomic mass is 10.1. The second-order valence-corrected chi connectivity index (χ2v) is 6.43. The first kappa shape index (κ1) is 14.7. The van der Waals surface area contributed by atoms with Crippen LogP contribution < -0.4 is 15.0 Å². The maximum atomic E-state index is 5.33. The van der Waals surface area contributed by atoms with Crippen LogP contribution in [0.2, 0.25) is 0 Å². The number of nitrogens with zero attached hydrogens (tertiary/aromatic N) is 1. The Balaban J connectivity index is 1.98. The molecule has 1 aromatic rings. The summed E-state index contributed by atoms with van der Waals surface area (Å²) in [7, 11) is 1.71. The molecular formula is C15H23BrN2O. The number of methoxy groups -OCH3 is 1. The minimum atomic E-state index is 0.569. The second-order valence-electron chi connectivity index (χ2n) is 5.51. The fourth-order valence-electron chi connectivity index (χ4n) is 2.48. The minimum Gasteiger partial charge on any atom is -0.497 e. The van der Waals surface area contributed by atoms with Gasteiger partial charge in [0.15, 0.2) is 0 Å². The highest BCUT2D eigenvalue weighted by Crippen LogP contribution is 2.30. The van der Waals surface area contributed by atoms with E-state index in [1.54, 1.807) is 7.11 Å². The van der Waals surface area contributed by atoms with E-state index >= 15 is 0 Å². The van der Waals surface area contributed by atoms with Gasteiger partial charge in [-0.2, -0.15) is 0 Å². The summed E-state index contributed by atoms with van der Waals surface area (Å²) in [6.07, 6.45) is 1.26. The first-order chi connectivity index (χ1) is 9.08. The lowest BCUT2D eigenvalue weighted by Gasteiger charge is -2.20. The van der Waals surface area contributed by atoms with Crippen molar-refractivity contribution < 1.29 is 4.74 Å². The van der Waals surface area contributed by atoms with Gasteiger partial charge >= 0.3 is 0 Å². The summed E-state index contributed by atoms with van der Waals surface area (Å²) in [6.45, 7) is 7.76. The third kappa shape index (κ3) is 4.11. The molecule has 1 aliphatic heterocycles. The Bertz CT molecular complexity index is 423. The van der Waals surface area contributed by atoms with E-state index < -0.39 is 0 Å². The fourth-order valence-corrected chi connectivity index (χ4v) is 2.94. The summed E-state index contributed by atoms with van der Waals surface area (Å²) in [4.78, 5) is 2.44. The van der Waals surface area contributed by atoms with Gasteiger partial charge in [0.25, 0.3) is 0 Å². The van der Waals surface area contributed by atoms with E-state index in [1.807, 2.05) is 6.07 Å². The van der Waals surface area contributed by atoms with E-state index in [1.165, 1.54) is 12.1 Å². The predicted octanol–water partition coefficient (Wildman–Crippen LogP) is 3.28. The van der Waals surface area contributed by atoms with Crippen LogP contribution in [0.1, 0.15) is 20.3 Å². The molecule has 0 aromatic heterocycles. The Morgan fingerprint density at radius 1 is 1.42 bits per heavy atom. The molecule has 1 aromatic carbocycles. The van der Waals surface area contributed by atoms with Crippen LogP contribution in [0.5, 0.6) is 5.75 Å². The Labute approximate surface area is 124 Å². The van der Waals surface area contributed by atoms with Gasteiger partial charge in [0.1, 0.15) is 5.75 Å². The first-order valence-corrected chi connectivity index (χ1v) is 7.70. The van der Waals surface area contributed by atoms with Crippen LogP contribution in [0.25, 0.3) is 0 Å². The fraction of sp³-hybridized carbons (Fsp3) is 0.600. The minimum absolute atomic E-state index is 0.569. The van der Waals surface area contributed by atoms with Crippen LogP contribution in [0.3, 0.4) is 0 Å². The third-order valence-electron chi connectivity index (χ3n) is 3.56. The topological polar surface area (TPSA) is 24.5 Å². The molecule has 1 atom stereocenters. The molecule has 1 unspecified atom stereocenters. The second kappa shape index (κ2) is 6.62. The van der Waals surface area contributed by atoms with Gasteiger partial charge in [-0.15, -0.1) is 0 Å². The van der Waals surface area contributed by atoms with Gasteiger partial charge in [-0.3, -0.25) is 0 Å². The van der Waals surface area contributed by atoms with E-state index in [4.69, 9.17) is 4.74 Å². The summed E-state index contributed by atoms with van der Waals surface area (Å²) >= 11 is 3.55. The molecule has 2 rings (SSSR count). The Morgan fingerprint density at radius 3 is 2.89 bits per heavy atom. The van der Waals surface area contributed by atoms with Gasteiger partial charge in [0, 0.05) is 35.4 Å². The zero-order chi connectivity index (χ0) is 13.8. The largest absolute Gasteiger partial charge is 0.497 e. The molecule has 1 aliphatic rings. The third-order valence-corrected chi connectivity index (χ3v) is 4.02. The molecule has 1 N–H and O–H groups in total. The van der Waals surface area contributed by atoms with Crippen LogP contribution in [0.4, 0.5) is 5.69 Å². The highest BCUT2D eigenvalue weighted by molar-refractivity contribution is 9.10. The molecule has 4 heteroatoms. The first-order valence-electron chi connectivity index (χ1n) is 6.91. The van der Waals surface area contributed by atoms with Crippen LogP contribution in [0, 0.1) is 5.92 Å². The molecule has 1 heterocycles. The number of benzene rings is 1. The van der Waals surface area contributed by atoms with Crippen molar-refractivity contribution in [3.8, 4) is 5.75 Å². The normalized spacial score (nSPS) is 19.2. The van der Waals surface area contributed by atoms with Crippen molar-refractivity contribution in [3.63, 3.8) is 0 Å². The molecule has 0 radical (unpaired) electrons. The molecule has 0 amide bonds. The van der Waals surface area contributed by atoms with Crippen molar-refractivity contribution >= 4 is 21.6 Å². The van der Waals surface area contributed by atoms with Crippen LogP contribution in [0.15, 0.2) is 22.7 Å². The summed E-state index contributed by atoms with van der Waals surface area (Å²) < 4.78 is 6.41. The van der Waals surface area contributed by atoms with E-state index in [-0.39, 0.29) is 0 Å².